The number of amidine groups is 1. The smallest absolute Gasteiger partial charge is 0.124 e. The van der Waals surface area contributed by atoms with Gasteiger partial charge in [0.05, 0.1) is 0 Å². The Hall–Kier alpha value is -1.07. The Morgan fingerprint density at radius 2 is 2.00 bits per heavy atom. The minimum Gasteiger partial charge on any atom is -0.384 e. The third-order valence-electron chi connectivity index (χ3n) is 3.41. The maximum absolute atomic E-state index is 7.67. The van der Waals surface area contributed by atoms with E-state index in [0.717, 1.165) is 48.4 Å². The Kier molecular flexibility index (Phi) is 4.24. The zero-order chi connectivity index (χ0) is 13.1. The number of nitrogens with zero attached hydrogens (tertiary/aromatic N) is 2. The number of hydrogen-bond donors (Lipinski definition) is 2. The van der Waals surface area contributed by atoms with Crippen LogP contribution in [-0.4, -0.2) is 43.5 Å². The maximum atomic E-state index is 7.67. The lowest BCUT2D eigenvalue weighted by molar-refractivity contribution is 0.271. The van der Waals surface area contributed by atoms with Gasteiger partial charge in [-0.2, -0.15) is 0 Å². The molecule has 5 heteroatoms. The molecule has 2 rings (SSSR count). The molecular weight excluding hydrogens is 292 g/mol. The highest BCUT2D eigenvalue weighted by atomic mass is 79.9. The molecule has 0 radical (unpaired) electrons. The molecule has 1 aliphatic rings. The summed E-state index contributed by atoms with van der Waals surface area (Å²) < 4.78 is 1.03. The zero-order valence-corrected chi connectivity index (χ0v) is 12.2. The molecule has 1 aromatic rings. The van der Waals surface area contributed by atoms with Crippen molar-refractivity contribution in [1.29, 1.82) is 5.41 Å². The highest BCUT2D eigenvalue weighted by molar-refractivity contribution is 9.10. The van der Waals surface area contributed by atoms with Gasteiger partial charge in [0, 0.05) is 41.9 Å². The Labute approximate surface area is 116 Å². The lowest BCUT2D eigenvalue weighted by atomic mass is 10.1. The predicted molar refractivity (Wildman–Crippen MR) is 79.5 cm³/mol. The first-order valence-corrected chi connectivity index (χ1v) is 7.02. The van der Waals surface area contributed by atoms with Crippen LogP contribution in [0.2, 0.25) is 0 Å². The van der Waals surface area contributed by atoms with Crippen LogP contribution < -0.4 is 10.6 Å². The molecule has 0 aromatic heterocycles. The Morgan fingerprint density at radius 1 is 1.33 bits per heavy atom. The fourth-order valence-electron chi connectivity index (χ4n) is 2.30. The van der Waals surface area contributed by atoms with Gasteiger partial charge in [0.25, 0.3) is 0 Å². The molecule has 0 aliphatic carbocycles. The van der Waals surface area contributed by atoms with Gasteiger partial charge in [-0.05, 0) is 24.7 Å². The maximum Gasteiger partial charge on any atom is 0.124 e. The van der Waals surface area contributed by atoms with Crippen molar-refractivity contribution in [2.45, 2.75) is 6.92 Å². The van der Waals surface area contributed by atoms with Gasteiger partial charge in [-0.3, -0.25) is 5.41 Å². The Bertz CT molecular complexity index is 439. The highest BCUT2D eigenvalue weighted by Gasteiger charge is 2.19. The number of nitrogen functional groups attached to an aromatic ring is 1. The molecular formula is C13H19BrN4. The van der Waals surface area contributed by atoms with Crippen molar-refractivity contribution in [2.24, 2.45) is 5.73 Å². The third kappa shape index (κ3) is 2.84. The molecule has 1 saturated heterocycles. The summed E-state index contributed by atoms with van der Waals surface area (Å²) in [6, 6.07) is 5.90. The van der Waals surface area contributed by atoms with E-state index in [9.17, 15) is 0 Å². The number of hydrogen-bond acceptors (Lipinski definition) is 3. The van der Waals surface area contributed by atoms with Crippen molar-refractivity contribution in [2.75, 3.05) is 37.6 Å². The van der Waals surface area contributed by atoms with Crippen LogP contribution in [0.5, 0.6) is 0 Å². The summed E-state index contributed by atoms with van der Waals surface area (Å²) in [4.78, 5) is 4.75. The first kappa shape index (κ1) is 13.4. The van der Waals surface area contributed by atoms with Crippen LogP contribution in [0.1, 0.15) is 12.5 Å². The van der Waals surface area contributed by atoms with Gasteiger partial charge in [-0.15, -0.1) is 0 Å². The lowest BCUT2D eigenvalue weighted by Gasteiger charge is -2.36. The van der Waals surface area contributed by atoms with Crippen molar-refractivity contribution >= 4 is 27.5 Å². The van der Waals surface area contributed by atoms with Gasteiger partial charge in [-0.1, -0.05) is 22.9 Å². The fraction of sp³-hybridized carbons (Fsp3) is 0.462. The first-order chi connectivity index (χ1) is 8.61. The molecule has 3 N–H and O–H groups in total. The first-order valence-electron chi connectivity index (χ1n) is 6.23. The largest absolute Gasteiger partial charge is 0.384 e. The van der Waals surface area contributed by atoms with Crippen LogP contribution in [0.15, 0.2) is 22.7 Å². The summed E-state index contributed by atoms with van der Waals surface area (Å²) in [6.07, 6.45) is 0. The molecule has 0 amide bonds. The summed E-state index contributed by atoms with van der Waals surface area (Å²) in [6.45, 7) is 7.41. The molecule has 1 fully saturated rings. The van der Waals surface area contributed by atoms with E-state index in [2.05, 4.69) is 38.7 Å². The lowest BCUT2D eigenvalue weighted by Crippen LogP contribution is -2.46. The molecule has 0 unspecified atom stereocenters. The number of benzene rings is 1. The summed E-state index contributed by atoms with van der Waals surface area (Å²) in [7, 11) is 0. The molecule has 0 atom stereocenters. The van der Waals surface area contributed by atoms with Gasteiger partial charge in [0.15, 0.2) is 0 Å². The van der Waals surface area contributed by atoms with E-state index in [1.807, 2.05) is 12.1 Å². The van der Waals surface area contributed by atoms with Crippen molar-refractivity contribution in [1.82, 2.24) is 4.90 Å². The van der Waals surface area contributed by atoms with Crippen LogP contribution in [0.4, 0.5) is 5.69 Å². The third-order valence-corrected chi connectivity index (χ3v) is 3.90. The second-order valence-electron chi connectivity index (χ2n) is 4.50. The van der Waals surface area contributed by atoms with Gasteiger partial charge >= 0.3 is 0 Å². The van der Waals surface area contributed by atoms with E-state index in [-0.39, 0.29) is 5.84 Å². The number of piperazine rings is 1. The minimum absolute atomic E-state index is 0.135. The summed E-state index contributed by atoms with van der Waals surface area (Å²) in [5.41, 5.74) is 7.54. The Morgan fingerprint density at radius 3 is 2.56 bits per heavy atom. The predicted octanol–water partition coefficient (Wildman–Crippen LogP) is 1.88. The summed E-state index contributed by atoms with van der Waals surface area (Å²) in [5.74, 6) is 0.135. The topological polar surface area (TPSA) is 56.4 Å². The standard InChI is InChI=1S/C13H19BrN4/c1-2-17-5-7-18(8-6-17)12-9-10(14)3-4-11(12)13(15)16/h3-4,9H,2,5-8H2,1H3,(H3,15,16). The van der Waals surface area contributed by atoms with E-state index in [0.29, 0.717) is 0 Å². The molecule has 0 spiro atoms. The van der Waals surface area contributed by atoms with Crippen LogP contribution in [0.3, 0.4) is 0 Å². The molecule has 0 saturated carbocycles. The summed E-state index contributed by atoms with van der Waals surface area (Å²) in [5, 5.41) is 7.67. The molecule has 18 heavy (non-hydrogen) atoms. The zero-order valence-electron chi connectivity index (χ0n) is 10.6. The second-order valence-corrected chi connectivity index (χ2v) is 5.41. The van der Waals surface area contributed by atoms with Crippen molar-refractivity contribution in [3.05, 3.63) is 28.2 Å². The van der Waals surface area contributed by atoms with E-state index in [4.69, 9.17) is 11.1 Å². The van der Waals surface area contributed by atoms with Gasteiger partial charge in [-0.25, -0.2) is 0 Å². The van der Waals surface area contributed by atoms with Crippen LogP contribution >= 0.6 is 15.9 Å². The second kappa shape index (κ2) is 5.71. The Balaban J connectivity index is 2.22. The number of anilines is 1. The fourth-order valence-corrected chi connectivity index (χ4v) is 2.65. The van der Waals surface area contributed by atoms with Crippen LogP contribution in [0, 0.1) is 5.41 Å². The van der Waals surface area contributed by atoms with Crippen molar-refractivity contribution in [3.63, 3.8) is 0 Å². The van der Waals surface area contributed by atoms with Crippen molar-refractivity contribution < 1.29 is 0 Å². The van der Waals surface area contributed by atoms with E-state index >= 15 is 0 Å². The minimum atomic E-state index is 0.135. The van der Waals surface area contributed by atoms with E-state index in [1.54, 1.807) is 0 Å². The average Bonchev–Trinajstić information content (AvgIpc) is 2.38. The van der Waals surface area contributed by atoms with Crippen molar-refractivity contribution in [3.8, 4) is 0 Å². The average molecular weight is 311 g/mol. The number of rotatable bonds is 3. The van der Waals surface area contributed by atoms with Gasteiger partial charge in [0.1, 0.15) is 5.84 Å². The normalized spacial score (nSPS) is 16.9. The van der Waals surface area contributed by atoms with Crippen LogP contribution in [-0.2, 0) is 0 Å². The van der Waals surface area contributed by atoms with E-state index < -0.39 is 0 Å². The SMILES string of the molecule is CCN1CCN(c2cc(Br)ccc2C(=N)N)CC1. The number of nitrogens with two attached hydrogens (primary N) is 1. The van der Waals surface area contributed by atoms with Gasteiger partial charge < -0.3 is 15.5 Å². The number of halogens is 1. The molecule has 1 aliphatic heterocycles. The quantitative estimate of drug-likeness (QED) is 0.662. The monoisotopic (exact) mass is 310 g/mol. The summed E-state index contributed by atoms with van der Waals surface area (Å²) >= 11 is 3.49. The molecule has 4 nitrogen and oxygen atoms in total. The highest BCUT2D eigenvalue weighted by Crippen LogP contribution is 2.26. The van der Waals surface area contributed by atoms with E-state index in [1.165, 1.54) is 0 Å². The van der Waals surface area contributed by atoms with Gasteiger partial charge in [0.2, 0.25) is 0 Å². The molecule has 1 aromatic carbocycles. The molecule has 98 valence electrons. The van der Waals surface area contributed by atoms with Crippen LogP contribution in [0.25, 0.3) is 0 Å². The number of nitrogens with one attached hydrogen (secondary N) is 1. The molecule has 1 heterocycles. The number of likely N-dealkylation sites (N-methyl/N-ethyl adjacent to an activating group) is 1. The molecule has 0 bridgehead atoms.